The Balaban J connectivity index is 1.67. The van der Waals surface area contributed by atoms with Gasteiger partial charge < -0.3 is 15.0 Å². The summed E-state index contributed by atoms with van der Waals surface area (Å²) >= 11 is 0. The third kappa shape index (κ3) is 4.17. The molecule has 0 radical (unpaired) electrons. The summed E-state index contributed by atoms with van der Waals surface area (Å²) in [4.78, 5) is 26.1. The van der Waals surface area contributed by atoms with Crippen LogP contribution in [0.15, 0.2) is 36.4 Å². The van der Waals surface area contributed by atoms with Crippen molar-refractivity contribution in [2.24, 2.45) is 5.92 Å². The summed E-state index contributed by atoms with van der Waals surface area (Å²) in [5.74, 6) is 0.593. The molecule has 7 heteroatoms. The second-order valence-electron chi connectivity index (χ2n) is 6.50. The van der Waals surface area contributed by atoms with E-state index in [1.807, 2.05) is 6.07 Å². The van der Waals surface area contributed by atoms with Gasteiger partial charge in [0.05, 0.1) is 12.7 Å². The van der Waals surface area contributed by atoms with Crippen molar-refractivity contribution < 1.29 is 14.3 Å². The van der Waals surface area contributed by atoms with E-state index in [4.69, 9.17) is 0 Å². The Morgan fingerprint density at radius 1 is 1.23 bits per heavy atom. The van der Waals surface area contributed by atoms with Crippen LogP contribution in [-0.4, -0.2) is 42.3 Å². The smallest absolute Gasteiger partial charge is 0.337 e. The lowest BCUT2D eigenvalue weighted by molar-refractivity contribution is 0.0600. The molecule has 26 heavy (non-hydrogen) atoms. The first-order valence-corrected chi connectivity index (χ1v) is 8.65. The average Bonchev–Trinajstić information content (AvgIpc) is 2.67. The van der Waals surface area contributed by atoms with Crippen LogP contribution >= 0.6 is 0 Å². The summed E-state index contributed by atoms with van der Waals surface area (Å²) in [6, 6.07) is 10.0. The van der Waals surface area contributed by atoms with Gasteiger partial charge in [0.2, 0.25) is 0 Å². The minimum Gasteiger partial charge on any atom is -0.465 e. The molecule has 1 aromatic heterocycles. The summed E-state index contributed by atoms with van der Waals surface area (Å²) in [5.41, 5.74) is 1.09. The van der Waals surface area contributed by atoms with Crippen molar-refractivity contribution in [3.63, 3.8) is 0 Å². The van der Waals surface area contributed by atoms with Gasteiger partial charge >= 0.3 is 5.97 Å². The molecule has 1 fully saturated rings. The normalized spacial score (nSPS) is 16.8. The van der Waals surface area contributed by atoms with Crippen molar-refractivity contribution in [1.29, 1.82) is 0 Å². The second-order valence-corrected chi connectivity index (χ2v) is 6.50. The summed E-state index contributed by atoms with van der Waals surface area (Å²) < 4.78 is 4.68. The fraction of sp³-hybridized carbons (Fsp3) is 0.368. The molecule has 2 aromatic rings. The maximum Gasteiger partial charge on any atom is 0.337 e. The van der Waals surface area contributed by atoms with E-state index in [1.54, 1.807) is 30.3 Å². The lowest BCUT2D eigenvalue weighted by atomic mass is 10.0. The van der Waals surface area contributed by atoms with E-state index in [0.29, 0.717) is 17.2 Å². The number of esters is 1. The first-order chi connectivity index (χ1) is 12.6. The summed E-state index contributed by atoms with van der Waals surface area (Å²) in [5, 5.41) is 11.0. The van der Waals surface area contributed by atoms with Crippen LogP contribution < -0.4 is 10.2 Å². The highest BCUT2D eigenvalue weighted by Gasteiger charge is 2.18. The van der Waals surface area contributed by atoms with Crippen LogP contribution in [0.4, 0.5) is 11.5 Å². The molecule has 1 atom stereocenters. The van der Waals surface area contributed by atoms with E-state index in [2.05, 4.69) is 32.1 Å². The molecule has 136 valence electrons. The molecule has 0 bridgehead atoms. The molecular weight excluding hydrogens is 332 g/mol. The molecule has 1 amide bonds. The largest absolute Gasteiger partial charge is 0.465 e. The van der Waals surface area contributed by atoms with Gasteiger partial charge in [-0.1, -0.05) is 13.0 Å². The molecule has 0 saturated carbocycles. The molecule has 0 spiro atoms. The van der Waals surface area contributed by atoms with Crippen molar-refractivity contribution in [3.05, 3.63) is 47.7 Å². The molecule has 7 nitrogen and oxygen atoms in total. The van der Waals surface area contributed by atoms with Crippen LogP contribution in [0.5, 0.6) is 0 Å². The standard InChI is InChI=1S/C19H22N4O3/c1-13-5-4-10-23(12-13)17-9-8-16(21-22-17)18(24)20-15-7-3-6-14(11-15)19(25)26-2/h3,6-9,11,13H,4-5,10,12H2,1-2H3,(H,20,24). The number of amides is 1. The molecule has 3 rings (SSSR count). The van der Waals surface area contributed by atoms with Gasteiger partial charge in [-0.25, -0.2) is 4.79 Å². The molecule has 1 aliphatic heterocycles. The third-order valence-corrected chi connectivity index (χ3v) is 4.41. The van der Waals surface area contributed by atoms with Gasteiger partial charge in [0.15, 0.2) is 11.5 Å². The second kappa shape index (κ2) is 7.95. The number of hydrogen-bond acceptors (Lipinski definition) is 6. The predicted molar refractivity (Wildman–Crippen MR) is 98.4 cm³/mol. The number of hydrogen-bond donors (Lipinski definition) is 1. The number of ether oxygens (including phenoxy) is 1. The van der Waals surface area contributed by atoms with Crippen LogP contribution in [0, 0.1) is 5.92 Å². The Bertz CT molecular complexity index is 792. The van der Waals surface area contributed by atoms with Gasteiger partial charge in [0.25, 0.3) is 5.91 Å². The minimum atomic E-state index is -0.457. The zero-order valence-corrected chi connectivity index (χ0v) is 14.9. The van der Waals surface area contributed by atoms with E-state index in [9.17, 15) is 9.59 Å². The van der Waals surface area contributed by atoms with Crippen LogP contribution in [-0.2, 0) is 4.74 Å². The zero-order valence-electron chi connectivity index (χ0n) is 14.9. The van der Waals surface area contributed by atoms with Crippen molar-refractivity contribution in [2.45, 2.75) is 19.8 Å². The van der Waals surface area contributed by atoms with Gasteiger partial charge in [0, 0.05) is 18.8 Å². The van der Waals surface area contributed by atoms with Crippen molar-refractivity contribution in [2.75, 3.05) is 30.4 Å². The summed E-state index contributed by atoms with van der Waals surface area (Å²) in [6.45, 7) is 4.15. The van der Waals surface area contributed by atoms with E-state index in [1.165, 1.54) is 13.5 Å². The Morgan fingerprint density at radius 3 is 2.77 bits per heavy atom. The van der Waals surface area contributed by atoms with E-state index >= 15 is 0 Å². The molecule has 1 aromatic carbocycles. The molecule has 1 aliphatic rings. The maximum absolute atomic E-state index is 12.4. The van der Waals surface area contributed by atoms with Gasteiger partial charge in [-0.15, -0.1) is 10.2 Å². The van der Waals surface area contributed by atoms with Crippen LogP contribution in [0.1, 0.15) is 40.6 Å². The lowest BCUT2D eigenvalue weighted by Gasteiger charge is -2.31. The van der Waals surface area contributed by atoms with Crippen LogP contribution in [0.25, 0.3) is 0 Å². The number of carbonyl (C=O) groups is 2. The predicted octanol–water partition coefficient (Wildman–Crippen LogP) is 2.75. The Morgan fingerprint density at radius 2 is 2.08 bits per heavy atom. The molecule has 1 N–H and O–H groups in total. The van der Waals surface area contributed by atoms with Crippen LogP contribution in [0.2, 0.25) is 0 Å². The number of anilines is 2. The highest BCUT2D eigenvalue weighted by atomic mass is 16.5. The number of rotatable bonds is 4. The van der Waals surface area contributed by atoms with Gasteiger partial charge in [-0.05, 0) is 49.1 Å². The van der Waals surface area contributed by atoms with Gasteiger partial charge in [-0.2, -0.15) is 0 Å². The Labute approximate surface area is 152 Å². The fourth-order valence-electron chi connectivity index (χ4n) is 3.05. The number of benzene rings is 1. The minimum absolute atomic E-state index is 0.224. The highest BCUT2D eigenvalue weighted by molar-refractivity contribution is 6.03. The zero-order chi connectivity index (χ0) is 18.5. The fourth-order valence-corrected chi connectivity index (χ4v) is 3.05. The lowest BCUT2D eigenvalue weighted by Crippen LogP contribution is -2.35. The van der Waals surface area contributed by atoms with Crippen molar-refractivity contribution in [3.8, 4) is 0 Å². The van der Waals surface area contributed by atoms with E-state index < -0.39 is 5.97 Å². The highest BCUT2D eigenvalue weighted by Crippen LogP contribution is 2.20. The van der Waals surface area contributed by atoms with Gasteiger partial charge in [0.1, 0.15) is 0 Å². The average molecular weight is 354 g/mol. The topological polar surface area (TPSA) is 84.4 Å². The number of methoxy groups -OCH3 is 1. The number of nitrogens with zero attached hydrogens (tertiary/aromatic N) is 3. The number of aromatic nitrogens is 2. The molecular formula is C19H22N4O3. The van der Waals surface area contributed by atoms with Crippen LogP contribution in [0.3, 0.4) is 0 Å². The quantitative estimate of drug-likeness (QED) is 0.850. The molecule has 1 unspecified atom stereocenters. The maximum atomic E-state index is 12.4. The van der Waals surface area contributed by atoms with E-state index in [0.717, 1.165) is 25.3 Å². The van der Waals surface area contributed by atoms with Crippen molar-refractivity contribution in [1.82, 2.24) is 10.2 Å². The van der Waals surface area contributed by atoms with Crippen molar-refractivity contribution >= 4 is 23.4 Å². The summed E-state index contributed by atoms with van der Waals surface area (Å²) in [6.07, 6.45) is 2.37. The SMILES string of the molecule is COC(=O)c1cccc(NC(=O)c2ccc(N3CCCC(C)C3)nn2)c1. The Kier molecular flexibility index (Phi) is 5.46. The number of nitrogens with one attached hydrogen (secondary N) is 1. The number of piperidine rings is 1. The van der Waals surface area contributed by atoms with Gasteiger partial charge in [-0.3, -0.25) is 4.79 Å². The molecule has 2 heterocycles. The first kappa shape index (κ1) is 17.8. The third-order valence-electron chi connectivity index (χ3n) is 4.41. The summed E-state index contributed by atoms with van der Waals surface area (Å²) in [7, 11) is 1.31. The van der Waals surface area contributed by atoms with E-state index in [-0.39, 0.29) is 11.6 Å². The first-order valence-electron chi connectivity index (χ1n) is 8.65. The molecule has 1 saturated heterocycles. The Hall–Kier alpha value is -2.96. The molecule has 0 aliphatic carbocycles. The number of carbonyl (C=O) groups excluding carboxylic acids is 2. The monoisotopic (exact) mass is 354 g/mol.